The Hall–Kier alpha value is -1.16. The standard InChI is InChI=1S/C9H9ClFNO2/c1-6(12-13)5-14-7-2-3-9(11)8(10)4-7/h2-4,6H,5H2,1H3. The molecule has 14 heavy (non-hydrogen) atoms. The fourth-order valence-corrected chi connectivity index (χ4v) is 0.984. The summed E-state index contributed by atoms with van der Waals surface area (Å²) in [6.45, 7) is 1.78. The molecule has 0 spiro atoms. The highest BCUT2D eigenvalue weighted by atomic mass is 35.5. The SMILES string of the molecule is CC(COc1ccc(F)c(Cl)c1)N=O. The quantitative estimate of drug-likeness (QED) is 0.728. The number of benzene rings is 1. The van der Waals surface area contributed by atoms with Crippen LogP contribution in [0.5, 0.6) is 5.75 Å². The Balaban J connectivity index is 2.59. The molecule has 0 saturated carbocycles. The van der Waals surface area contributed by atoms with Crippen molar-refractivity contribution in [1.29, 1.82) is 0 Å². The van der Waals surface area contributed by atoms with Crippen LogP contribution < -0.4 is 4.74 Å². The summed E-state index contributed by atoms with van der Waals surface area (Å²) in [5, 5.41) is 2.76. The maximum atomic E-state index is 12.7. The van der Waals surface area contributed by atoms with Crippen LogP contribution in [-0.4, -0.2) is 12.6 Å². The molecule has 1 aromatic carbocycles. The van der Waals surface area contributed by atoms with Crippen molar-refractivity contribution in [3.8, 4) is 5.75 Å². The van der Waals surface area contributed by atoms with E-state index in [-0.39, 0.29) is 11.6 Å². The van der Waals surface area contributed by atoms with Gasteiger partial charge in [-0.2, -0.15) is 4.91 Å². The average Bonchev–Trinajstić information content (AvgIpc) is 2.19. The first kappa shape index (κ1) is 10.9. The molecule has 0 saturated heterocycles. The Kier molecular flexibility index (Phi) is 3.83. The Morgan fingerprint density at radius 2 is 2.36 bits per heavy atom. The third-order valence-electron chi connectivity index (χ3n) is 1.56. The van der Waals surface area contributed by atoms with Gasteiger partial charge in [0.15, 0.2) is 0 Å². The van der Waals surface area contributed by atoms with Crippen molar-refractivity contribution in [2.24, 2.45) is 5.18 Å². The van der Waals surface area contributed by atoms with Gasteiger partial charge in [0.2, 0.25) is 0 Å². The minimum Gasteiger partial charge on any atom is -0.491 e. The average molecular weight is 218 g/mol. The van der Waals surface area contributed by atoms with Gasteiger partial charge < -0.3 is 4.74 Å². The topological polar surface area (TPSA) is 38.7 Å². The fraction of sp³-hybridized carbons (Fsp3) is 0.333. The Bertz CT molecular complexity index is 333. The molecule has 3 nitrogen and oxygen atoms in total. The van der Waals surface area contributed by atoms with E-state index in [2.05, 4.69) is 5.18 Å². The molecule has 1 rings (SSSR count). The van der Waals surface area contributed by atoms with Crippen LogP contribution in [0.25, 0.3) is 0 Å². The molecule has 1 aromatic rings. The number of hydrogen-bond acceptors (Lipinski definition) is 3. The monoisotopic (exact) mass is 217 g/mol. The lowest BCUT2D eigenvalue weighted by Gasteiger charge is -2.07. The van der Waals surface area contributed by atoms with E-state index < -0.39 is 11.9 Å². The lowest BCUT2D eigenvalue weighted by atomic mass is 10.3. The van der Waals surface area contributed by atoms with Crippen LogP contribution in [0.3, 0.4) is 0 Å². The molecule has 0 N–H and O–H groups in total. The van der Waals surface area contributed by atoms with Crippen LogP contribution in [0.2, 0.25) is 5.02 Å². The highest BCUT2D eigenvalue weighted by Gasteiger charge is 2.04. The van der Waals surface area contributed by atoms with Gasteiger partial charge >= 0.3 is 0 Å². The fourth-order valence-electron chi connectivity index (χ4n) is 0.814. The van der Waals surface area contributed by atoms with Gasteiger partial charge in [0.1, 0.15) is 24.2 Å². The molecule has 0 heterocycles. The van der Waals surface area contributed by atoms with Gasteiger partial charge in [0.25, 0.3) is 0 Å². The highest BCUT2D eigenvalue weighted by Crippen LogP contribution is 2.21. The molecule has 0 aliphatic rings. The molecule has 0 aliphatic heterocycles. The number of halogens is 2. The smallest absolute Gasteiger partial charge is 0.142 e. The summed E-state index contributed by atoms with van der Waals surface area (Å²) in [7, 11) is 0. The van der Waals surface area contributed by atoms with E-state index in [0.717, 1.165) is 0 Å². The molecule has 1 atom stereocenters. The molecule has 0 fully saturated rings. The molecule has 0 aliphatic carbocycles. The molecule has 0 radical (unpaired) electrons. The van der Waals surface area contributed by atoms with Crippen molar-refractivity contribution in [3.05, 3.63) is 33.9 Å². The largest absolute Gasteiger partial charge is 0.491 e. The Morgan fingerprint density at radius 3 is 2.93 bits per heavy atom. The van der Waals surface area contributed by atoms with Crippen molar-refractivity contribution in [2.75, 3.05) is 6.61 Å². The first-order chi connectivity index (χ1) is 6.63. The number of hydrogen-bond donors (Lipinski definition) is 0. The highest BCUT2D eigenvalue weighted by molar-refractivity contribution is 6.30. The Labute approximate surface area is 85.8 Å². The third-order valence-corrected chi connectivity index (χ3v) is 1.85. The van der Waals surface area contributed by atoms with E-state index in [0.29, 0.717) is 5.75 Å². The zero-order chi connectivity index (χ0) is 10.6. The molecular weight excluding hydrogens is 209 g/mol. The van der Waals surface area contributed by atoms with Gasteiger partial charge in [0, 0.05) is 6.07 Å². The number of nitrogens with zero attached hydrogens (tertiary/aromatic N) is 1. The lowest BCUT2D eigenvalue weighted by molar-refractivity contribution is 0.296. The van der Waals surface area contributed by atoms with Crippen LogP contribution in [0.4, 0.5) is 4.39 Å². The van der Waals surface area contributed by atoms with Crippen molar-refractivity contribution >= 4 is 11.6 Å². The minimum absolute atomic E-state index is 0.00536. The molecule has 0 bridgehead atoms. The summed E-state index contributed by atoms with van der Waals surface area (Å²) in [5.74, 6) is -0.0764. The molecule has 0 aromatic heterocycles. The number of nitroso groups, excluding NO2 is 1. The van der Waals surface area contributed by atoms with Crippen LogP contribution in [0.1, 0.15) is 6.92 Å². The Morgan fingerprint density at radius 1 is 1.64 bits per heavy atom. The summed E-state index contributed by atoms with van der Waals surface area (Å²) < 4.78 is 17.9. The van der Waals surface area contributed by atoms with E-state index in [1.807, 2.05) is 0 Å². The number of rotatable bonds is 4. The van der Waals surface area contributed by atoms with Gasteiger partial charge in [-0.15, -0.1) is 0 Å². The van der Waals surface area contributed by atoms with Crippen LogP contribution in [0, 0.1) is 10.7 Å². The van der Waals surface area contributed by atoms with E-state index in [1.54, 1.807) is 6.92 Å². The van der Waals surface area contributed by atoms with Gasteiger partial charge in [-0.25, -0.2) is 4.39 Å². The first-order valence-corrected chi connectivity index (χ1v) is 4.41. The first-order valence-electron chi connectivity index (χ1n) is 4.04. The molecular formula is C9H9ClFNO2. The summed E-state index contributed by atoms with van der Waals surface area (Å²) in [6.07, 6.45) is 0. The van der Waals surface area contributed by atoms with Gasteiger partial charge in [-0.3, -0.25) is 0 Å². The van der Waals surface area contributed by atoms with Gasteiger partial charge in [-0.05, 0) is 19.1 Å². The second kappa shape index (κ2) is 4.91. The predicted octanol–water partition coefficient (Wildman–Crippen LogP) is 3.01. The molecule has 1 unspecified atom stereocenters. The van der Waals surface area contributed by atoms with E-state index in [4.69, 9.17) is 16.3 Å². The predicted molar refractivity (Wildman–Crippen MR) is 52.2 cm³/mol. The minimum atomic E-state index is -0.499. The molecule has 76 valence electrons. The second-order valence-electron chi connectivity index (χ2n) is 2.84. The maximum absolute atomic E-state index is 12.7. The number of ether oxygens (including phenoxy) is 1. The van der Waals surface area contributed by atoms with Crippen LogP contribution in [-0.2, 0) is 0 Å². The zero-order valence-electron chi connectivity index (χ0n) is 7.54. The summed E-state index contributed by atoms with van der Waals surface area (Å²) in [4.78, 5) is 10.0. The van der Waals surface area contributed by atoms with Crippen molar-refractivity contribution < 1.29 is 9.13 Å². The maximum Gasteiger partial charge on any atom is 0.142 e. The van der Waals surface area contributed by atoms with Crippen molar-refractivity contribution in [3.63, 3.8) is 0 Å². The third kappa shape index (κ3) is 2.96. The second-order valence-corrected chi connectivity index (χ2v) is 3.25. The summed E-state index contributed by atoms with van der Waals surface area (Å²) in [5.41, 5.74) is 0. The van der Waals surface area contributed by atoms with Crippen molar-refractivity contribution in [2.45, 2.75) is 13.0 Å². The zero-order valence-corrected chi connectivity index (χ0v) is 8.29. The van der Waals surface area contributed by atoms with Crippen molar-refractivity contribution in [1.82, 2.24) is 0 Å². The van der Waals surface area contributed by atoms with Gasteiger partial charge in [-0.1, -0.05) is 16.8 Å². The van der Waals surface area contributed by atoms with Gasteiger partial charge in [0.05, 0.1) is 5.02 Å². The lowest BCUT2D eigenvalue weighted by Crippen LogP contribution is -2.10. The summed E-state index contributed by atoms with van der Waals surface area (Å²) in [6, 6.07) is 3.57. The van der Waals surface area contributed by atoms with E-state index >= 15 is 0 Å². The van der Waals surface area contributed by atoms with E-state index in [9.17, 15) is 9.30 Å². The normalized spacial score (nSPS) is 12.2. The molecule has 5 heteroatoms. The van der Waals surface area contributed by atoms with E-state index in [1.165, 1.54) is 18.2 Å². The van der Waals surface area contributed by atoms with Crippen LogP contribution >= 0.6 is 11.6 Å². The summed E-state index contributed by atoms with van der Waals surface area (Å²) >= 11 is 5.52. The molecule has 0 amide bonds. The van der Waals surface area contributed by atoms with Crippen LogP contribution in [0.15, 0.2) is 23.4 Å².